The lowest BCUT2D eigenvalue weighted by Gasteiger charge is -2.27. The van der Waals surface area contributed by atoms with Crippen LogP contribution < -0.4 is 11.5 Å². The molecular formula is C17H30N2. The zero-order valence-corrected chi connectivity index (χ0v) is 13.2. The first-order valence-electron chi connectivity index (χ1n) is 7.39. The molecule has 1 aromatic carbocycles. The van der Waals surface area contributed by atoms with Crippen molar-refractivity contribution in [2.45, 2.75) is 71.3 Å². The normalized spacial score (nSPS) is 13.8. The van der Waals surface area contributed by atoms with E-state index in [0.717, 1.165) is 18.5 Å². The van der Waals surface area contributed by atoms with Crippen LogP contribution in [0.15, 0.2) is 18.2 Å². The van der Waals surface area contributed by atoms with Crippen LogP contribution in [-0.4, -0.2) is 6.04 Å². The lowest BCUT2D eigenvalue weighted by Crippen LogP contribution is -2.20. The summed E-state index contributed by atoms with van der Waals surface area (Å²) < 4.78 is 0. The number of nitrogen functional groups attached to an aromatic ring is 1. The Hall–Kier alpha value is -1.02. The van der Waals surface area contributed by atoms with Gasteiger partial charge >= 0.3 is 0 Å². The summed E-state index contributed by atoms with van der Waals surface area (Å²) in [6, 6.07) is 6.81. The number of anilines is 1. The second-order valence-corrected chi connectivity index (χ2v) is 6.75. The van der Waals surface area contributed by atoms with Crippen LogP contribution in [0.2, 0.25) is 0 Å². The number of hydrogen-bond acceptors (Lipinski definition) is 2. The van der Waals surface area contributed by atoms with E-state index in [0.29, 0.717) is 12.0 Å². The van der Waals surface area contributed by atoms with E-state index in [1.54, 1.807) is 0 Å². The van der Waals surface area contributed by atoms with Crippen LogP contribution >= 0.6 is 0 Å². The second kappa shape index (κ2) is 6.42. The van der Waals surface area contributed by atoms with E-state index in [9.17, 15) is 0 Å². The average Bonchev–Trinajstić information content (AvgIpc) is 2.27. The lowest BCUT2D eigenvalue weighted by atomic mass is 9.78. The summed E-state index contributed by atoms with van der Waals surface area (Å²) in [7, 11) is 0. The molecule has 0 aliphatic heterocycles. The monoisotopic (exact) mass is 262 g/mol. The standard InChI is InChI=1S/C17H30N2/c1-12(2)15-11-14(8-9-16(15)19)17(4,5)10-6-7-13(3)18/h8-9,11-13H,6-7,10,18-19H2,1-5H3. The molecule has 4 N–H and O–H groups in total. The molecule has 108 valence electrons. The molecule has 1 unspecified atom stereocenters. The van der Waals surface area contributed by atoms with Gasteiger partial charge in [0, 0.05) is 11.7 Å². The van der Waals surface area contributed by atoms with Crippen molar-refractivity contribution in [3.8, 4) is 0 Å². The number of nitrogens with two attached hydrogens (primary N) is 2. The second-order valence-electron chi connectivity index (χ2n) is 6.75. The summed E-state index contributed by atoms with van der Waals surface area (Å²) in [6.45, 7) is 11.1. The number of hydrogen-bond donors (Lipinski definition) is 2. The fraction of sp³-hybridized carbons (Fsp3) is 0.647. The smallest absolute Gasteiger partial charge is 0.0349 e. The summed E-state index contributed by atoms with van der Waals surface area (Å²) in [5.74, 6) is 0.472. The summed E-state index contributed by atoms with van der Waals surface area (Å²) >= 11 is 0. The number of benzene rings is 1. The molecule has 0 heterocycles. The van der Waals surface area contributed by atoms with Crippen molar-refractivity contribution in [1.82, 2.24) is 0 Å². The zero-order chi connectivity index (χ0) is 14.6. The maximum atomic E-state index is 6.06. The highest BCUT2D eigenvalue weighted by Gasteiger charge is 2.21. The minimum atomic E-state index is 0.187. The van der Waals surface area contributed by atoms with E-state index in [1.165, 1.54) is 17.5 Å². The van der Waals surface area contributed by atoms with Gasteiger partial charge in [0.2, 0.25) is 0 Å². The first-order valence-corrected chi connectivity index (χ1v) is 7.39. The highest BCUT2D eigenvalue weighted by Crippen LogP contribution is 2.33. The van der Waals surface area contributed by atoms with Crippen molar-refractivity contribution in [2.75, 3.05) is 5.73 Å². The van der Waals surface area contributed by atoms with Gasteiger partial charge in [-0.25, -0.2) is 0 Å². The third kappa shape index (κ3) is 4.54. The largest absolute Gasteiger partial charge is 0.398 e. The van der Waals surface area contributed by atoms with Crippen LogP contribution in [0.4, 0.5) is 5.69 Å². The Morgan fingerprint density at radius 1 is 1.16 bits per heavy atom. The SMILES string of the molecule is CC(N)CCCC(C)(C)c1ccc(N)c(C(C)C)c1. The van der Waals surface area contributed by atoms with E-state index in [4.69, 9.17) is 11.5 Å². The van der Waals surface area contributed by atoms with Crippen LogP contribution in [0, 0.1) is 0 Å². The van der Waals surface area contributed by atoms with Crippen LogP contribution in [-0.2, 0) is 5.41 Å². The van der Waals surface area contributed by atoms with Crippen LogP contribution in [0.5, 0.6) is 0 Å². The molecule has 1 aromatic rings. The molecule has 0 aliphatic rings. The molecule has 2 heteroatoms. The van der Waals surface area contributed by atoms with Crippen molar-refractivity contribution in [3.05, 3.63) is 29.3 Å². The Kier molecular flexibility index (Phi) is 5.42. The molecule has 0 saturated heterocycles. The van der Waals surface area contributed by atoms with Gasteiger partial charge in [-0.1, -0.05) is 46.2 Å². The van der Waals surface area contributed by atoms with Gasteiger partial charge in [0.15, 0.2) is 0 Å². The van der Waals surface area contributed by atoms with Crippen LogP contribution in [0.3, 0.4) is 0 Å². The van der Waals surface area contributed by atoms with E-state index in [2.05, 4.69) is 52.8 Å². The van der Waals surface area contributed by atoms with Crippen molar-refractivity contribution < 1.29 is 0 Å². The van der Waals surface area contributed by atoms with Gasteiger partial charge in [-0.2, -0.15) is 0 Å². The minimum Gasteiger partial charge on any atom is -0.398 e. The first-order chi connectivity index (χ1) is 8.74. The maximum absolute atomic E-state index is 6.06. The third-order valence-electron chi connectivity index (χ3n) is 3.95. The Labute approximate surface area is 118 Å². The molecular weight excluding hydrogens is 232 g/mol. The average molecular weight is 262 g/mol. The molecule has 0 aliphatic carbocycles. The highest BCUT2D eigenvalue weighted by atomic mass is 14.6. The van der Waals surface area contributed by atoms with Gasteiger partial charge in [0.05, 0.1) is 0 Å². The van der Waals surface area contributed by atoms with Crippen LogP contribution in [0.25, 0.3) is 0 Å². The fourth-order valence-corrected chi connectivity index (χ4v) is 2.51. The molecule has 2 nitrogen and oxygen atoms in total. The molecule has 1 rings (SSSR count). The summed E-state index contributed by atoms with van der Waals surface area (Å²) in [4.78, 5) is 0. The van der Waals surface area contributed by atoms with Crippen LogP contribution in [0.1, 0.15) is 70.9 Å². The van der Waals surface area contributed by atoms with E-state index >= 15 is 0 Å². The Morgan fingerprint density at radius 2 is 1.79 bits per heavy atom. The summed E-state index contributed by atoms with van der Waals surface area (Å²) in [6.07, 6.45) is 3.43. The molecule has 0 radical (unpaired) electrons. The van der Waals surface area contributed by atoms with Crippen molar-refractivity contribution in [2.24, 2.45) is 5.73 Å². The Morgan fingerprint density at radius 3 is 2.32 bits per heavy atom. The Balaban J connectivity index is 2.85. The van der Waals surface area contributed by atoms with Gasteiger partial charge in [-0.3, -0.25) is 0 Å². The maximum Gasteiger partial charge on any atom is 0.0349 e. The van der Waals surface area contributed by atoms with E-state index < -0.39 is 0 Å². The van der Waals surface area contributed by atoms with Gasteiger partial charge in [-0.15, -0.1) is 0 Å². The molecule has 0 amide bonds. The zero-order valence-electron chi connectivity index (χ0n) is 13.2. The quantitative estimate of drug-likeness (QED) is 0.755. The number of rotatable bonds is 6. The lowest BCUT2D eigenvalue weighted by molar-refractivity contribution is 0.439. The van der Waals surface area contributed by atoms with Gasteiger partial charge in [0.25, 0.3) is 0 Å². The van der Waals surface area contributed by atoms with Gasteiger partial charge in [-0.05, 0) is 48.3 Å². The molecule has 0 aromatic heterocycles. The first kappa shape index (κ1) is 16.0. The predicted octanol–water partition coefficient (Wildman–Crippen LogP) is 4.19. The molecule has 0 bridgehead atoms. The summed E-state index contributed by atoms with van der Waals surface area (Å²) in [5, 5.41) is 0. The topological polar surface area (TPSA) is 52.0 Å². The van der Waals surface area contributed by atoms with Crippen molar-refractivity contribution >= 4 is 5.69 Å². The third-order valence-corrected chi connectivity index (χ3v) is 3.95. The minimum absolute atomic E-state index is 0.187. The van der Waals surface area contributed by atoms with Gasteiger partial charge < -0.3 is 11.5 Å². The Bertz CT molecular complexity index is 406. The van der Waals surface area contributed by atoms with E-state index in [1.807, 2.05) is 0 Å². The van der Waals surface area contributed by atoms with E-state index in [-0.39, 0.29) is 5.41 Å². The predicted molar refractivity (Wildman–Crippen MR) is 85.5 cm³/mol. The van der Waals surface area contributed by atoms with Crippen molar-refractivity contribution in [3.63, 3.8) is 0 Å². The van der Waals surface area contributed by atoms with Gasteiger partial charge in [0.1, 0.15) is 0 Å². The molecule has 1 atom stereocenters. The molecule has 19 heavy (non-hydrogen) atoms. The molecule has 0 fully saturated rings. The molecule has 0 spiro atoms. The molecule has 0 saturated carbocycles. The summed E-state index contributed by atoms with van der Waals surface area (Å²) in [5.41, 5.74) is 15.6. The van der Waals surface area contributed by atoms with Crippen molar-refractivity contribution in [1.29, 1.82) is 0 Å². The highest BCUT2D eigenvalue weighted by molar-refractivity contribution is 5.51. The fourth-order valence-electron chi connectivity index (χ4n) is 2.51.